The lowest BCUT2D eigenvalue weighted by molar-refractivity contribution is -0.133. The molecule has 2 atom stereocenters. The minimum absolute atomic E-state index is 0.0582. The summed E-state index contributed by atoms with van der Waals surface area (Å²) < 4.78 is 0. The first kappa shape index (κ1) is 15.4. The summed E-state index contributed by atoms with van der Waals surface area (Å²) in [5.74, 6) is 0.171. The number of hydrogen-bond donors (Lipinski definition) is 2. The number of amides is 1. The van der Waals surface area contributed by atoms with E-state index < -0.39 is 0 Å². The zero-order valence-electron chi connectivity index (χ0n) is 11.8. The van der Waals surface area contributed by atoms with Crippen molar-refractivity contribution in [1.82, 2.24) is 10.2 Å². The molecule has 1 amide bonds. The number of hydrogen-bond acceptors (Lipinski definition) is 3. The van der Waals surface area contributed by atoms with Crippen LogP contribution in [0.15, 0.2) is 0 Å². The number of likely N-dealkylation sites (N-methyl/N-ethyl adjacent to an activating group) is 1. The highest BCUT2D eigenvalue weighted by atomic mass is 16.3. The molecule has 106 valence electrons. The molecule has 0 aliphatic carbocycles. The van der Waals surface area contributed by atoms with E-state index in [-0.39, 0.29) is 18.1 Å². The van der Waals surface area contributed by atoms with E-state index in [1.54, 1.807) is 4.90 Å². The van der Waals surface area contributed by atoms with Crippen LogP contribution in [0.1, 0.15) is 52.4 Å². The summed E-state index contributed by atoms with van der Waals surface area (Å²) >= 11 is 0. The van der Waals surface area contributed by atoms with Gasteiger partial charge in [-0.05, 0) is 19.4 Å². The van der Waals surface area contributed by atoms with E-state index in [9.17, 15) is 9.90 Å². The molecule has 0 aromatic carbocycles. The van der Waals surface area contributed by atoms with E-state index >= 15 is 0 Å². The van der Waals surface area contributed by atoms with Gasteiger partial charge >= 0.3 is 0 Å². The van der Waals surface area contributed by atoms with Gasteiger partial charge < -0.3 is 15.3 Å². The van der Waals surface area contributed by atoms with E-state index in [1.807, 2.05) is 6.92 Å². The third-order valence-electron chi connectivity index (χ3n) is 3.57. The summed E-state index contributed by atoms with van der Waals surface area (Å²) in [5, 5.41) is 12.8. The van der Waals surface area contributed by atoms with Crippen LogP contribution in [-0.2, 0) is 4.79 Å². The summed E-state index contributed by atoms with van der Waals surface area (Å²) in [7, 11) is 0. The van der Waals surface area contributed by atoms with E-state index in [0.29, 0.717) is 13.1 Å². The molecule has 1 aliphatic heterocycles. The Labute approximate surface area is 111 Å². The molecule has 0 aromatic heterocycles. The SMILES string of the molecule is CCCCCCC(NCC)C(=O)N1CCC(O)C1. The van der Waals surface area contributed by atoms with E-state index in [1.165, 1.54) is 19.3 Å². The number of β-amino-alcohol motifs (C(OH)–C–C–N with tert-alkyl or cyclic N) is 1. The Morgan fingerprint density at radius 1 is 1.39 bits per heavy atom. The third kappa shape index (κ3) is 4.94. The van der Waals surface area contributed by atoms with Crippen LogP contribution >= 0.6 is 0 Å². The van der Waals surface area contributed by atoms with Crippen molar-refractivity contribution in [2.24, 2.45) is 0 Å². The molecule has 18 heavy (non-hydrogen) atoms. The number of likely N-dealkylation sites (tertiary alicyclic amines) is 1. The Kier molecular flexibility index (Phi) is 7.28. The van der Waals surface area contributed by atoms with Crippen molar-refractivity contribution in [2.45, 2.75) is 64.5 Å². The average molecular weight is 256 g/mol. The van der Waals surface area contributed by atoms with Crippen LogP contribution in [0.25, 0.3) is 0 Å². The van der Waals surface area contributed by atoms with Crippen LogP contribution < -0.4 is 5.32 Å². The van der Waals surface area contributed by atoms with Crippen LogP contribution in [0.5, 0.6) is 0 Å². The Morgan fingerprint density at radius 2 is 2.17 bits per heavy atom. The molecule has 0 aromatic rings. The Balaban J connectivity index is 2.37. The van der Waals surface area contributed by atoms with Crippen LogP contribution in [-0.4, -0.2) is 47.7 Å². The zero-order chi connectivity index (χ0) is 13.4. The molecule has 1 aliphatic rings. The topological polar surface area (TPSA) is 52.6 Å². The van der Waals surface area contributed by atoms with Gasteiger partial charge in [-0.25, -0.2) is 0 Å². The number of unbranched alkanes of at least 4 members (excludes halogenated alkanes) is 3. The number of rotatable bonds is 8. The Hall–Kier alpha value is -0.610. The second-order valence-electron chi connectivity index (χ2n) is 5.19. The molecule has 1 fully saturated rings. The Morgan fingerprint density at radius 3 is 2.72 bits per heavy atom. The maximum absolute atomic E-state index is 12.3. The van der Waals surface area contributed by atoms with Gasteiger partial charge in [0.2, 0.25) is 5.91 Å². The highest BCUT2D eigenvalue weighted by Crippen LogP contribution is 2.13. The van der Waals surface area contributed by atoms with Crippen LogP contribution in [0, 0.1) is 0 Å². The van der Waals surface area contributed by atoms with Gasteiger partial charge in [-0.15, -0.1) is 0 Å². The van der Waals surface area contributed by atoms with Crippen molar-refractivity contribution in [3.8, 4) is 0 Å². The lowest BCUT2D eigenvalue weighted by atomic mass is 10.1. The summed E-state index contributed by atoms with van der Waals surface area (Å²) in [5.41, 5.74) is 0. The fourth-order valence-corrected chi connectivity index (χ4v) is 2.50. The largest absolute Gasteiger partial charge is 0.391 e. The third-order valence-corrected chi connectivity index (χ3v) is 3.57. The first-order chi connectivity index (χ1) is 8.69. The fourth-order valence-electron chi connectivity index (χ4n) is 2.50. The lowest BCUT2D eigenvalue weighted by Crippen LogP contribution is -2.45. The number of aliphatic hydroxyl groups is 1. The van der Waals surface area contributed by atoms with Gasteiger partial charge in [0.15, 0.2) is 0 Å². The molecule has 2 unspecified atom stereocenters. The van der Waals surface area contributed by atoms with Gasteiger partial charge in [0.1, 0.15) is 0 Å². The van der Waals surface area contributed by atoms with Gasteiger partial charge in [0.05, 0.1) is 12.1 Å². The van der Waals surface area contributed by atoms with Crippen molar-refractivity contribution >= 4 is 5.91 Å². The maximum atomic E-state index is 12.3. The molecule has 0 radical (unpaired) electrons. The second kappa shape index (κ2) is 8.48. The summed E-state index contributed by atoms with van der Waals surface area (Å²) in [6.45, 7) is 6.26. The first-order valence-electron chi connectivity index (χ1n) is 7.39. The quantitative estimate of drug-likeness (QED) is 0.648. The smallest absolute Gasteiger partial charge is 0.239 e. The van der Waals surface area contributed by atoms with E-state index in [0.717, 1.165) is 25.8 Å². The first-order valence-corrected chi connectivity index (χ1v) is 7.39. The number of nitrogens with one attached hydrogen (secondary N) is 1. The van der Waals surface area contributed by atoms with E-state index in [2.05, 4.69) is 12.2 Å². The number of nitrogens with zero attached hydrogens (tertiary/aromatic N) is 1. The lowest BCUT2D eigenvalue weighted by Gasteiger charge is -2.23. The fraction of sp³-hybridized carbons (Fsp3) is 0.929. The predicted molar refractivity (Wildman–Crippen MR) is 73.4 cm³/mol. The van der Waals surface area contributed by atoms with Gasteiger partial charge in [-0.2, -0.15) is 0 Å². The van der Waals surface area contributed by atoms with Gasteiger partial charge in [0.25, 0.3) is 0 Å². The normalized spacial score (nSPS) is 21.3. The molecule has 0 saturated carbocycles. The molecule has 4 nitrogen and oxygen atoms in total. The highest BCUT2D eigenvalue weighted by molar-refractivity contribution is 5.82. The van der Waals surface area contributed by atoms with Crippen LogP contribution in [0.2, 0.25) is 0 Å². The molecule has 1 saturated heterocycles. The second-order valence-corrected chi connectivity index (χ2v) is 5.19. The summed E-state index contributed by atoms with van der Waals surface area (Å²) in [4.78, 5) is 14.1. The van der Waals surface area contributed by atoms with Crippen molar-refractivity contribution in [3.05, 3.63) is 0 Å². The maximum Gasteiger partial charge on any atom is 0.239 e. The summed E-state index contributed by atoms with van der Waals surface area (Å²) in [6.07, 6.45) is 6.09. The van der Waals surface area contributed by atoms with Gasteiger partial charge in [-0.3, -0.25) is 4.79 Å². The van der Waals surface area contributed by atoms with Gasteiger partial charge in [-0.1, -0.05) is 39.5 Å². The Bertz CT molecular complexity index is 246. The monoisotopic (exact) mass is 256 g/mol. The minimum Gasteiger partial charge on any atom is -0.391 e. The molecular weight excluding hydrogens is 228 g/mol. The van der Waals surface area contributed by atoms with Crippen molar-refractivity contribution in [1.29, 1.82) is 0 Å². The van der Waals surface area contributed by atoms with Crippen molar-refractivity contribution in [2.75, 3.05) is 19.6 Å². The van der Waals surface area contributed by atoms with Crippen molar-refractivity contribution in [3.63, 3.8) is 0 Å². The molecular formula is C14H28N2O2. The highest BCUT2D eigenvalue weighted by Gasteiger charge is 2.29. The predicted octanol–water partition coefficient (Wildman–Crippen LogP) is 1.53. The number of carbonyl (C=O) groups excluding carboxylic acids is 1. The standard InChI is InChI=1S/C14H28N2O2/c1-3-5-6-7-8-13(15-4-2)14(18)16-10-9-12(17)11-16/h12-13,15,17H,3-11H2,1-2H3. The average Bonchev–Trinajstić information content (AvgIpc) is 2.79. The minimum atomic E-state index is -0.323. The molecule has 1 rings (SSSR count). The molecule has 0 spiro atoms. The zero-order valence-corrected chi connectivity index (χ0v) is 11.8. The number of aliphatic hydroxyl groups excluding tert-OH is 1. The number of carbonyl (C=O) groups is 1. The summed E-state index contributed by atoms with van der Waals surface area (Å²) in [6, 6.07) is -0.0582. The molecule has 0 bridgehead atoms. The van der Waals surface area contributed by atoms with Crippen molar-refractivity contribution < 1.29 is 9.90 Å². The van der Waals surface area contributed by atoms with Gasteiger partial charge in [0, 0.05) is 13.1 Å². The molecule has 4 heteroatoms. The van der Waals surface area contributed by atoms with E-state index in [4.69, 9.17) is 0 Å². The molecule has 2 N–H and O–H groups in total. The molecule has 1 heterocycles. The van der Waals surface area contributed by atoms with Crippen LogP contribution in [0.3, 0.4) is 0 Å². The van der Waals surface area contributed by atoms with Crippen LogP contribution in [0.4, 0.5) is 0 Å².